The quantitative estimate of drug-likeness (QED) is 0.778. The first kappa shape index (κ1) is 11.9. The maximum Gasteiger partial charge on any atom is 0.153 e. The van der Waals surface area contributed by atoms with Crippen LogP contribution in [0, 0.1) is 13.8 Å². The third-order valence-corrected chi connectivity index (χ3v) is 3.86. The SMILES string of the molecule is Cc1ccnc(-n2cc(N)c(-c3ccc(C)s3)n2)c1. The fraction of sp³-hybridized carbons (Fsp3) is 0.143. The van der Waals surface area contributed by atoms with Gasteiger partial charge >= 0.3 is 0 Å². The molecule has 0 saturated carbocycles. The lowest BCUT2D eigenvalue weighted by Gasteiger charge is -2.00. The van der Waals surface area contributed by atoms with E-state index in [1.54, 1.807) is 22.2 Å². The van der Waals surface area contributed by atoms with Crippen LogP contribution in [0.25, 0.3) is 16.4 Å². The lowest BCUT2D eigenvalue weighted by molar-refractivity contribution is 0.849. The van der Waals surface area contributed by atoms with E-state index in [0.29, 0.717) is 5.69 Å². The molecule has 96 valence electrons. The first-order valence-corrected chi connectivity index (χ1v) is 6.80. The molecule has 3 aromatic rings. The molecule has 19 heavy (non-hydrogen) atoms. The number of pyridine rings is 1. The Balaban J connectivity index is 2.06. The number of nitrogen functional groups attached to an aromatic ring is 1. The van der Waals surface area contributed by atoms with E-state index in [4.69, 9.17) is 5.73 Å². The van der Waals surface area contributed by atoms with Gasteiger partial charge in [0.25, 0.3) is 0 Å². The molecular weight excluding hydrogens is 256 g/mol. The first-order valence-electron chi connectivity index (χ1n) is 5.98. The van der Waals surface area contributed by atoms with Crippen LogP contribution < -0.4 is 5.73 Å². The van der Waals surface area contributed by atoms with E-state index in [9.17, 15) is 0 Å². The molecule has 3 rings (SSSR count). The molecular formula is C14H14N4S. The molecule has 5 heteroatoms. The molecule has 0 aromatic carbocycles. The highest BCUT2D eigenvalue weighted by Gasteiger charge is 2.11. The van der Waals surface area contributed by atoms with E-state index in [-0.39, 0.29) is 0 Å². The highest BCUT2D eigenvalue weighted by atomic mass is 32.1. The molecule has 0 unspecified atom stereocenters. The van der Waals surface area contributed by atoms with Crippen molar-refractivity contribution in [1.82, 2.24) is 14.8 Å². The van der Waals surface area contributed by atoms with Crippen LogP contribution in [0.1, 0.15) is 10.4 Å². The minimum absolute atomic E-state index is 0.671. The molecule has 0 atom stereocenters. The summed E-state index contributed by atoms with van der Waals surface area (Å²) in [5, 5.41) is 4.54. The Hall–Kier alpha value is -2.14. The van der Waals surface area contributed by atoms with Gasteiger partial charge in [-0.15, -0.1) is 11.3 Å². The zero-order valence-corrected chi connectivity index (χ0v) is 11.6. The molecule has 0 aliphatic rings. The minimum Gasteiger partial charge on any atom is -0.396 e. The second kappa shape index (κ2) is 4.51. The van der Waals surface area contributed by atoms with Crippen molar-refractivity contribution >= 4 is 17.0 Å². The van der Waals surface area contributed by atoms with Crippen molar-refractivity contribution in [3.05, 3.63) is 47.1 Å². The molecule has 3 heterocycles. The molecule has 2 N–H and O–H groups in total. The maximum absolute atomic E-state index is 6.05. The van der Waals surface area contributed by atoms with Gasteiger partial charge in [0, 0.05) is 11.1 Å². The first-order chi connectivity index (χ1) is 9.13. The van der Waals surface area contributed by atoms with E-state index in [1.807, 2.05) is 31.3 Å². The Morgan fingerprint density at radius 2 is 2.05 bits per heavy atom. The standard InChI is InChI=1S/C14H14N4S/c1-9-5-6-16-13(7-9)18-8-11(15)14(17-18)12-4-3-10(2)19-12/h3-8H,15H2,1-2H3. The van der Waals surface area contributed by atoms with Gasteiger partial charge in [0.2, 0.25) is 0 Å². The van der Waals surface area contributed by atoms with E-state index in [1.165, 1.54) is 4.88 Å². The molecule has 0 aliphatic heterocycles. The predicted octanol–water partition coefficient (Wildman–Crippen LogP) is 3.19. The summed E-state index contributed by atoms with van der Waals surface area (Å²) in [7, 11) is 0. The van der Waals surface area contributed by atoms with Gasteiger partial charge in [-0.25, -0.2) is 9.67 Å². The number of nitrogens with zero attached hydrogens (tertiary/aromatic N) is 3. The van der Waals surface area contributed by atoms with Gasteiger partial charge in [0.1, 0.15) is 5.69 Å². The average molecular weight is 270 g/mol. The predicted molar refractivity (Wildman–Crippen MR) is 78.6 cm³/mol. The Morgan fingerprint density at radius 1 is 1.21 bits per heavy atom. The molecule has 0 bridgehead atoms. The molecule has 0 saturated heterocycles. The Labute approximate surface area is 115 Å². The van der Waals surface area contributed by atoms with Gasteiger partial charge in [0.05, 0.1) is 16.8 Å². The summed E-state index contributed by atoms with van der Waals surface area (Å²) in [6, 6.07) is 8.06. The molecule has 0 fully saturated rings. The number of thiophene rings is 1. The highest BCUT2D eigenvalue weighted by molar-refractivity contribution is 7.15. The Bertz CT molecular complexity index is 727. The summed E-state index contributed by atoms with van der Waals surface area (Å²) in [6.07, 6.45) is 3.59. The van der Waals surface area contributed by atoms with E-state index in [0.717, 1.165) is 22.0 Å². The van der Waals surface area contributed by atoms with Gasteiger partial charge in [-0.2, -0.15) is 5.10 Å². The fourth-order valence-corrected chi connectivity index (χ4v) is 2.78. The zero-order chi connectivity index (χ0) is 13.4. The van der Waals surface area contributed by atoms with Gasteiger partial charge in [0.15, 0.2) is 5.82 Å². The summed E-state index contributed by atoms with van der Waals surface area (Å²) in [5.74, 6) is 0.784. The summed E-state index contributed by atoms with van der Waals surface area (Å²) in [4.78, 5) is 6.64. The number of rotatable bonds is 2. The number of aryl methyl sites for hydroxylation is 2. The van der Waals surface area contributed by atoms with E-state index < -0.39 is 0 Å². The van der Waals surface area contributed by atoms with Crippen LogP contribution in [0.3, 0.4) is 0 Å². The van der Waals surface area contributed by atoms with Crippen molar-refractivity contribution in [3.63, 3.8) is 0 Å². The summed E-state index contributed by atoms with van der Waals surface area (Å²) in [6.45, 7) is 4.10. The fourth-order valence-electron chi connectivity index (χ4n) is 1.90. The summed E-state index contributed by atoms with van der Waals surface area (Å²) >= 11 is 1.69. The summed E-state index contributed by atoms with van der Waals surface area (Å²) in [5.41, 5.74) is 8.69. The lowest BCUT2D eigenvalue weighted by Crippen LogP contribution is -1.98. The molecule has 0 aliphatic carbocycles. The van der Waals surface area contributed by atoms with Crippen molar-refractivity contribution in [2.75, 3.05) is 5.73 Å². The Morgan fingerprint density at radius 3 is 2.74 bits per heavy atom. The van der Waals surface area contributed by atoms with Crippen molar-refractivity contribution in [2.24, 2.45) is 0 Å². The van der Waals surface area contributed by atoms with Gasteiger partial charge in [-0.3, -0.25) is 0 Å². The third-order valence-electron chi connectivity index (χ3n) is 2.85. The van der Waals surface area contributed by atoms with Crippen molar-refractivity contribution in [1.29, 1.82) is 0 Å². The van der Waals surface area contributed by atoms with Crippen LogP contribution in [0.5, 0.6) is 0 Å². The maximum atomic E-state index is 6.05. The van der Waals surface area contributed by atoms with Crippen LogP contribution in [0.2, 0.25) is 0 Å². The number of anilines is 1. The van der Waals surface area contributed by atoms with E-state index in [2.05, 4.69) is 23.1 Å². The van der Waals surface area contributed by atoms with Crippen LogP contribution in [-0.2, 0) is 0 Å². The molecule has 4 nitrogen and oxygen atoms in total. The van der Waals surface area contributed by atoms with Crippen molar-refractivity contribution in [3.8, 4) is 16.4 Å². The van der Waals surface area contributed by atoms with Crippen LogP contribution in [0.15, 0.2) is 36.7 Å². The van der Waals surface area contributed by atoms with Gasteiger partial charge in [-0.1, -0.05) is 0 Å². The van der Waals surface area contributed by atoms with Gasteiger partial charge in [-0.05, 0) is 43.7 Å². The molecule has 3 aromatic heterocycles. The number of hydrogen-bond donors (Lipinski definition) is 1. The van der Waals surface area contributed by atoms with Crippen molar-refractivity contribution < 1.29 is 0 Å². The van der Waals surface area contributed by atoms with Crippen molar-refractivity contribution in [2.45, 2.75) is 13.8 Å². The van der Waals surface area contributed by atoms with Crippen LogP contribution >= 0.6 is 11.3 Å². The zero-order valence-electron chi connectivity index (χ0n) is 10.8. The van der Waals surface area contributed by atoms with Gasteiger partial charge < -0.3 is 5.73 Å². The second-order valence-corrected chi connectivity index (χ2v) is 5.77. The van der Waals surface area contributed by atoms with Crippen LogP contribution in [-0.4, -0.2) is 14.8 Å². The normalized spacial score (nSPS) is 10.8. The Kier molecular flexibility index (Phi) is 2.83. The lowest BCUT2D eigenvalue weighted by atomic mass is 10.3. The monoisotopic (exact) mass is 270 g/mol. The number of hydrogen-bond acceptors (Lipinski definition) is 4. The van der Waals surface area contributed by atoms with E-state index >= 15 is 0 Å². The average Bonchev–Trinajstić information content (AvgIpc) is 2.95. The third kappa shape index (κ3) is 2.24. The molecule has 0 spiro atoms. The minimum atomic E-state index is 0.671. The molecule has 0 radical (unpaired) electrons. The highest BCUT2D eigenvalue weighted by Crippen LogP contribution is 2.31. The summed E-state index contributed by atoms with van der Waals surface area (Å²) < 4.78 is 1.73. The largest absolute Gasteiger partial charge is 0.396 e. The second-order valence-electron chi connectivity index (χ2n) is 4.48. The number of nitrogens with two attached hydrogens (primary N) is 1. The number of aromatic nitrogens is 3. The smallest absolute Gasteiger partial charge is 0.153 e. The topological polar surface area (TPSA) is 56.7 Å². The van der Waals surface area contributed by atoms with Crippen LogP contribution in [0.4, 0.5) is 5.69 Å². The molecule has 0 amide bonds.